The molecule has 106 valence electrons. The topological polar surface area (TPSA) is 41.1 Å². The van der Waals surface area contributed by atoms with Gasteiger partial charge in [0.1, 0.15) is 6.54 Å². The van der Waals surface area contributed by atoms with Crippen LogP contribution in [0.2, 0.25) is 0 Å². The van der Waals surface area contributed by atoms with Crippen molar-refractivity contribution in [3.8, 4) is 0 Å². The van der Waals surface area contributed by atoms with Crippen LogP contribution in [0.15, 0.2) is 18.2 Å². The molecular formula is C13H17F3N2O. The lowest BCUT2D eigenvalue weighted by Gasteiger charge is -2.13. The normalized spacial score (nSPS) is 11.2. The van der Waals surface area contributed by atoms with E-state index in [2.05, 4.69) is 5.32 Å². The van der Waals surface area contributed by atoms with Crippen LogP contribution < -0.4 is 10.6 Å². The van der Waals surface area contributed by atoms with Crippen molar-refractivity contribution in [1.29, 1.82) is 0 Å². The second-order valence-electron chi connectivity index (χ2n) is 4.27. The Hall–Kier alpha value is -1.72. The minimum absolute atomic E-state index is 0.234. The van der Waals surface area contributed by atoms with E-state index in [-0.39, 0.29) is 5.56 Å². The molecule has 0 aromatic heterocycles. The number of alkyl halides is 3. The van der Waals surface area contributed by atoms with Crippen molar-refractivity contribution in [3.05, 3.63) is 29.3 Å². The summed E-state index contributed by atoms with van der Waals surface area (Å²) in [6.07, 6.45) is -3.55. The van der Waals surface area contributed by atoms with E-state index in [0.717, 1.165) is 12.0 Å². The van der Waals surface area contributed by atoms with E-state index in [1.165, 1.54) is 0 Å². The third-order valence-electron chi connectivity index (χ3n) is 2.43. The predicted molar refractivity (Wildman–Crippen MR) is 68.3 cm³/mol. The second kappa shape index (κ2) is 6.45. The zero-order valence-corrected chi connectivity index (χ0v) is 10.9. The lowest BCUT2D eigenvalue weighted by Crippen LogP contribution is -2.34. The largest absolute Gasteiger partial charge is 0.405 e. The zero-order valence-electron chi connectivity index (χ0n) is 10.9. The molecule has 1 amide bonds. The Morgan fingerprint density at radius 2 is 2.00 bits per heavy atom. The summed E-state index contributed by atoms with van der Waals surface area (Å²) in [4.78, 5) is 11.8. The molecule has 0 radical (unpaired) electrons. The molecule has 0 aliphatic carbocycles. The second-order valence-corrected chi connectivity index (χ2v) is 4.27. The highest BCUT2D eigenvalue weighted by molar-refractivity contribution is 5.99. The van der Waals surface area contributed by atoms with E-state index in [9.17, 15) is 18.0 Å². The number of carbonyl (C=O) groups excluding carboxylic acids is 1. The van der Waals surface area contributed by atoms with Gasteiger partial charge in [0.05, 0.1) is 5.56 Å². The molecule has 0 saturated heterocycles. The van der Waals surface area contributed by atoms with Crippen molar-refractivity contribution in [2.45, 2.75) is 26.4 Å². The highest BCUT2D eigenvalue weighted by Crippen LogP contribution is 2.18. The molecule has 1 aromatic rings. The summed E-state index contributed by atoms with van der Waals surface area (Å²) < 4.78 is 36.3. The molecule has 0 atom stereocenters. The number of rotatable bonds is 5. The fourth-order valence-electron chi connectivity index (χ4n) is 1.54. The van der Waals surface area contributed by atoms with Gasteiger partial charge in [-0.1, -0.05) is 18.6 Å². The van der Waals surface area contributed by atoms with Crippen molar-refractivity contribution < 1.29 is 18.0 Å². The van der Waals surface area contributed by atoms with Crippen LogP contribution in [0.25, 0.3) is 0 Å². The third kappa shape index (κ3) is 5.19. The van der Waals surface area contributed by atoms with Gasteiger partial charge in [0, 0.05) is 12.2 Å². The fraction of sp³-hybridized carbons (Fsp3) is 0.462. The monoisotopic (exact) mass is 274 g/mol. The van der Waals surface area contributed by atoms with Gasteiger partial charge in [-0.05, 0) is 25.5 Å². The number of nitrogens with one attached hydrogen (secondary N) is 2. The van der Waals surface area contributed by atoms with Crippen LogP contribution in [0.1, 0.15) is 29.3 Å². The SMILES string of the molecule is CCCNc1ccc(C)cc1C(=O)NCC(F)(F)F. The van der Waals surface area contributed by atoms with Crippen LogP contribution in [0.4, 0.5) is 18.9 Å². The summed E-state index contributed by atoms with van der Waals surface area (Å²) in [6.45, 7) is 3.07. The van der Waals surface area contributed by atoms with Gasteiger partial charge in [-0.2, -0.15) is 13.2 Å². The molecule has 19 heavy (non-hydrogen) atoms. The average Bonchev–Trinajstić information content (AvgIpc) is 2.33. The molecule has 0 aliphatic rings. The van der Waals surface area contributed by atoms with E-state index in [4.69, 9.17) is 0 Å². The number of hydrogen-bond donors (Lipinski definition) is 2. The van der Waals surface area contributed by atoms with Gasteiger partial charge in [0.2, 0.25) is 0 Å². The number of carbonyl (C=O) groups is 1. The van der Waals surface area contributed by atoms with Gasteiger partial charge in [-0.25, -0.2) is 0 Å². The maximum absolute atomic E-state index is 12.1. The van der Waals surface area contributed by atoms with Crippen molar-refractivity contribution in [2.75, 3.05) is 18.4 Å². The van der Waals surface area contributed by atoms with Crippen LogP contribution in [0.3, 0.4) is 0 Å². The molecule has 2 N–H and O–H groups in total. The number of anilines is 1. The first kappa shape index (κ1) is 15.3. The summed E-state index contributed by atoms with van der Waals surface area (Å²) >= 11 is 0. The van der Waals surface area contributed by atoms with Gasteiger partial charge in [-0.15, -0.1) is 0 Å². The van der Waals surface area contributed by atoms with E-state index in [0.29, 0.717) is 12.2 Å². The first-order valence-electron chi connectivity index (χ1n) is 6.03. The van der Waals surface area contributed by atoms with Gasteiger partial charge >= 0.3 is 6.18 Å². The molecule has 0 fully saturated rings. The summed E-state index contributed by atoms with van der Waals surface area (Å²) in [5.41, 5.74) is 1.60. The molecule has 0 heterocycles. The Labute approximate surface area is 110 Å². The molecule has 0 bridgehead atoms. The Morgan fingerprint density at radius 1 is 1.32 bits per heavy atom. The lowest BCUT2D eigenvalue weighted by molar-refractivity contribution is -0.123. The summed E-state index contributed by atoms with van der Waals surface area (Å²) in [5, 5.41) is 4.91. The highest BCUT2D eigenvalue weighted by Gasteiger charge is 2.28. The standard InChI is InChI=1S/C13H17F3N2O/c1-3-6-17-11-5-4-9(2)7-10(11)12(19)18-8-13(14,15)16/h4-5,7,17H,3,6,8H2,1-2H3,(H,18,19). The van der Waals surface area contributed by atoms with Crippen molar-refractivity contribution in [2.24, 2.45) is 0 Å². The summed E-state index contributed by atoms with van der Waals surface area (Å²) in [5.74, 6) is -0.723. The molecule has 1 rings (SSSR count). The lowest BCUT2D eigenvalue weighted by atomic mass is 10.1. The number of hydrogen-bond acceptors (Lipinski definition) is 2. The molecule has 3 nitrogen and oxygen atoms in total. The molecule has 0 saturated carbocycles. The maximum atomic E-state index is 12.1. The van der Waals surface area contributed by atoms with Gasteiger partial charge in [0.25, 0.3) is 5.91 Å². The van der Waals surface area contributed by atoms with E-state index < -0.39 is 18.6 Å². The minimum Gasteiger partial charge on any atom is -0.384 e. The maximum Gasteiger partial charge on any atom is 0.405 e. The van der Waals surface area contributed by atoms with Crippen molar-refractivity contribution in [3.63, 3.8) is 0 Å². The van der Waals surface area contributed by atoms with E-state index in [1.54, 1.807) is 25.1 Å². The average molecular weight is 274 g/mol. The first-order valence-corrected chi connectivity index (χ1v) is 6.03. The summed E-state index contributed by atoms with van der Waals surface area (Å²) in [7, 11) is 0. The Balaban J connectivity index is 2.84. The Bertz CT molecular complexity index is 444. The molecular weight excluding hydrogens is 257 g/mol. The van der Waals surface area contributed by atoms with Crippen LogP contribution in [0, 0.1) is 6.92 Å². The van der Waals surface area contributed by atoms with Gasteiger partial charge in [-0.3, -0.25) is 4.79 Å². The number of halogens is 3. The number of benzene rings is 1. The first-order chi connectivity index (χ1) is 8.83. The number of aryl methyl sites for hydroxylation is 1. The van der Waals surface area contributed by atoms with Gasteiger partial charge < -0.3 is 10.6 Å². The zero-order chi connectivity index (χ0) is 14.5. The van der Waals surface area contributed by atoms with Crippen LogP contribution >= 0.6 is 0 Å². The van der Waals surface area contributed by atoms with Gasteiger partial charge in [0.15, 0.2) is 0 Å². The van der Waals surface area contributed by atoms with E-state index >= 15 is 0 Å². The summed E-state index contributed by atoms with van der Waals surface area (Å²) in [6, 6.07) is 5.08. The third-order valence-corrected chi connectivity index (χ3v) is 2.43. The predicted octanol–water partition coefficient (Wildman–Crippen LogP) is 3.11. The highest BCUT2D eigenvalue weighted by atomic mass is 19.4. The molecule has 1 aromatic carbocycles. The minimum atomic E-state index is -4.41. The van der Waals surface area contributed by atoms with Crippen molar-refractivity contribution in [1.82, 2.24) is 5.32 Å². The Kier molecular flexibility index (Phi) is 5.20. The smallest absolute Gasteiger partial charge is 0.384 e. The fourth-order valence-corrected chi connectivity index (χ4v) is 1.54. The molecule has 6 heteroatoms. The van der Waals surface area contributed by atoms with Crippen LogP contribution in [-0.4, -0.2) is 25.2 Å². The molecule has 0 unspecified atom stereocenters. The van der Waals surface area contributed by atoms with Crippen LogP contribution in [-0.2, 0) is 0 Å². The Morgan fingerprint density at radius 3 is 2.58 bits per heavy atom. The van der Waals surface area contributed by atoms with Crippen LogP contribution in [0.5, 0.6) is 0 Å². The van der Waals surface area contributed by atoms with E-state index in [1.807, 2.05) is 12.2 Å². The quantitative estimate of drug-likeness (QED) is 0.866. The molecule has 0 aliphatic heterocycles. The van der Waals surface area contributed by atoms with Crippen molar-refractivity contribution >= 4 is 11.6 Å². The molecule has 0 spiro atoms. The number of amides is 1.